The van der Waals surface area contributed by atoms with E-state index < -0.39 is 0 Å². The Morgan fingerprint density at radius 2 is 1.37 bits per heavy atom. The van der Waals surface area contributed by atoms with E-state index in [0.717, 1.165) is 6.42 Å². The Morgan fingerprint density at radius 1 is 0.926 bits per heavy atom. The minimum Gasteiger partial charge on any atom is -1.00 e. The zero-order valence-electron chi connectivity index (χ0n) is 16.4. The van der Waals surface area contributed by atoms with Gasteiger partial charge in [0, 0.05) is 0 Å². The molecule has 27 heavy (non-hydrogen) atoms. The summed E-state index contributed by atoms with van der Waals surface area (Å²) in [7, 11) is 0. The van der Waals surface area contributed by atoms with Crippen LogP contribution in [0.5, 0.6) is 0 Å². The van der Waals surface area contributed by atoms with Crippen LogP contribution in [0.4, 0.5) is 0 Å². The predicted molar refractivity (Wildman–Crippen MR) is 109 cm³/mol. The van der Waals surface area contributed by atoms with Crippen LogP contribution in [0.3, 0.4) is 0 Å². The number of fused-ring (bicyclic) bond motifs is 3. The van der Waals surface area contributed by atoms with Crippen LogP contribution in [-0.4, -0.2) is 3.21 Å². The average molecular weight is 444 g/mol. The number of halogens is 2. The first-order valence-electron chi connectivity index (χ1n) is 8.80. The molecule has 1 aliphatic carbocycles. The largest absolute Gasteiger partial charge is 1.00 e. The summed E-state index contributed by atoms with van der Waals surface area (Å²) in [6, 6.07) is 19.3. The molecule has 0 nitrogen and oxygen atoms in total. The Bertz CT molecular complexity index is 847. The minimum absolute atomic E-state index is 0. The fourth-order valence-corrected chi connectivity index (χ4v) is 2.72. The molecule has 0 bridgehead atoms. The summed E-state index contributed by atoms with van der Waals surface area (Å²) < 4.78 is 1.51. The standard InChI is InChI=1S/C13H9.C8H11.C3H6.2FH.Zr/c1-3-7-12-10(5-1)9-11-6-2-4-8-13(11)12;1-7(2)8-5-3-4-6-8;1-3-2;;;/h1-9H;5-7H,3H2,1-2H3;1-2H3;2*1H;/q2*-1;;;;+2/p-2. The van der Waals surface area contributed by atoms with Crippen LogP contribution < -0.4 is 9.41 Å². The summed E-state index contributed by atoms with van der Waals surface area (Å²) in [4.78, 5) is 0. The van der Waals surface area contributed by atoms with Crippen molar-refractivity contribution in [2.24, 2.45) is 5.92 Å². The molecule has 0 saturated carbocycles. The van der Waals surface area contributed by atoms with Crippen LogP contribution in [-0.2, 0) is 24.2 Å². The third-order valence-electron chi connectivity index (χ3n) is 3.91. The van der Waals surface area contributed by atoms with Gasteiger partial charge in [-0.1, -0.05) is 56.2 Å². The SMILES string of the molecule is CC(C)C1=CC[C-]=C1.C[C](C)=[Zr+2].[F-].[F-].c1ccc2c(c1)[cH-]c1ccccc12. The van der Waals surface area contributed by atoms with Gasteiger partial charge in [0.05, 0.1) is 0 Å². The van der Waals surface area contributed by atoms with Crippen LogP contribution in [0, 0.1) is 12.0 Å². The van der Waals surface area contributed by atoms with Gasteiger partial charge in [-0.25, -0.2) is 6.08 Å². The molecule has 3 aromatic carbocycles. The first kappa shape index (κ1) is 25.4. The molecule has 0 radical (unpaired) electrons. The first-order chi connectivity index (χ1) is 12.0. The van der Waals surface area contributed by atoms with Gasteiger partial charge in [0.25, 0.3) is 0 Å². The maximum absolute atomic E-state index is 3.14. The summed E-state index contributed by atoms with van der Waals surface area (Å²) in [6.45, 7) is 8.65. The number of hydrogen-bond donors (Lipinski definition) is 0. The van der Waals surface area contributed by atoms with Gasteiger partial charge >= 0.3 is 41.3 Å². The van der Waals surface area contributed by atoms with E-state index in [1.165, 1.54) is 30.3 Å². The summed E-state index contributed by atoms with van der Waals surface area (Å²) in [5, 5.41) is 5.39. The molecular weight excluding hydrogens is 417 g/mol. The van der Waals surface area contributed by atoms with E-state index in [1.54, 1.807) is 24.2 Å². The second-order valence-corrected chi connectivity index (χ2v) is 9.19. The van der Waals surface area contributed by atoms with E-state index in [9.17, 15) is 0 Å². The summed E-state index contributed by atoms with van der Waals surface area (Å²) in [5.41, 5.74) is 1.44. The molecule has 0 aliphatic heterocycles. The van der Waals surface area contributed by atoms with Crippen LogP contribution in [0.15, 0.2) is 72.3 Å². The van der Waals surface area contributed by atoms with Gasteiger partial charge in [0.1, 0.15) is 0 Å². The van der Waals surface area contributed by atoms with Crippen LogP contribution >= 0.6 is 0 Å². The summed E-state index contributed by atoms with van der Waals surface area (Å²) in [5.74, 6) is 0.685. The predicted octanol–water partition coefficient (Wildman–Crippen LogP) is 0.797. The zero-order chi connectivity index (χ0) is 18.2. The fraction of sp³-hybridized carbons (Fsp3) is 0.250. The maximum Gasteiger partial charge on any atom is -0.0771 e. The molecule has 0 amide bonds. The van der Waals surface area contributed by atoms with E-state index >= 15 is 0 Å². The van der Waals surface area contributed by atoms with Crippen molar-refractivity contribution >= 4 is 24.8 Å². The van der Waals surface area contributed by atoms with Crippen molar-refractivity contribution in [1.82, 2.24) is 0 Å². The molecule has 4 rings (SSSR count). The van der Waals surface area contributed by atoms with Gasteiger partial charge in [-0.2, -0.15) is 11.6 Å². The molecule has 3 heteroatoms. The second-order valence-electron chi connectivity index (χ2n) is 6.73. The number of hydrogen-bond acceptors (Lipinski definition) is 0. The average Bonchev–Trinajstić information content (AvgIpc) is 3.23. The van der Waals surface area contributed by atoms with Crippen molar-refractivity contribution in [2.45, 2.75) is 34.1 Å². The smallest absolute Gasteiger partial charge is 0.0771 e. The number of benzene rings is 2. The summed E-state index contributed by atoms with van der Waals surface area (Å²) in [6.07, 6.45) is 8.47. The Hall–Kier alpha value is -1.60. The minimum atomic E-state index is 0. The van der Waals surface area contributed by atoms with Crippen LogP contribution in [0.1, 0.15) is 34.1 Å². The quantitative estimate of drug-likeness (QED) is 0.488. The molecule has 0 atom stereocenters. The van der Waals surface area contributed by atoms with Crippen molar-refractivity contribution in [1.29, 1.82) is 0 Å². The van der Waals surface area contributed by atoms with Gasteiger partial charge < -0.3 is 9.41 Å². The first-order valence-corrected chi connectivity index (χ1v) is 10.0. The van der Waals surface area contributed by atoms with Crippen LogP contribution in [0.25, 0.3) is 21.5 Å². The van der Waals surface area contributed by atoms with E-state index in [0.29, 0.717) is 5.92 Å². The molecule has 0 aromatic heterocycles. The van der Waals surface area contributed by atoms with E-state index in [1.807, 2.05) is 0 Å². The van der Waals surface area contributed by atoms with Crippen molar-refractivity contribution in [3.63, 3.8) is 0 Å². The Kier molecular flexibility index (Phi) is 12.0. The molecule has 142 valence electrons. The molecule has 0 saturated heterocycles. The molecule has 0 fully saturated rings. The van der Waals surface area contributed by atoms with Gasteiger partial charge in [0.15, 0.2) is 0 Å². The maximum atomic E-state index is 3.14. The van der Waals surface area contributed by atoms with E-state index in [2.05, 4.69) is 101 Å². The molecule has 0 heterocycles. The molecule has 0 unspecified atom stereocenters. The molecular formula is C24H26F2Zr-2. The van der Waals surface area contributed by atoms with Crippen molar-refractivity contribution in [3.05, 3.63) is 78.4 Å². The normalized spacial score (nSPS) is 11.6. The third kappa shape index (κ3) is 7.89. The van der Waals surface area contributed by atoms with E-state index in [-0.39, 0.29) is 9.41 Å². The van der Waals surface area contributed by atoms with E-state index in [4.69, 9.17) is 0 Å². The number of rotatable bonds is 1. The third-order valence-corrected chi connectivity index (χ3v) is 3.91. The molecule has 0 spiro atoms. The molecule has 1 aliphatic rings. The van der Waals surface area contributed by atoms with Gasteiger partial charge in [-0.05, 0) is 0 Å². The Morgan fingerprint density at radius 3 is 1.70 bits per heavy atom. The number of allylic oxidation sites excluding steroid dienone is 4. The molecule has 3 aromatic rings. The second kappa shape index (κ2) is 12.7. The van der Waals surface area contributed by atoms with Crippen molar-refractivity contribution < 1.29 is 33.6 Å². The fourth-order valence-electron chi connectivity index (χ4n) is 2.72. The Labute approximate surface area is 176 Å². The Balaban J connectivity index is 0.000000422. The van der Waals surface area contributed by atoms with Crippen molar-refractivity contribution in [3.8, 4) is 0 Å². The van der Waals surface area contributed by atoms with Gasteiger partial charge in [-0.3, -0.25) is 6.08 Å². The zero-order valence-corrected chi connectivity index (χ0v) is 18.8. The topological polar surface area (TPSA) is 0 Å². The van der Waals surface area contributed by atoms with Gasteiger partial charge in [0.2, 0.25) is 0 Å². The summed E-state index contributed by atoms with van der Waals surface area (Å²) >= 11 is 1.55. The monoisotopic (exact) mass is 442 g/mol. The van der Waals surface area contributed by atoms with Crippen LogP contribution in [0.2, 0.25) is 0 Å². The van der Waals surface area contributed by atoms with Crippen molar-refractivity contribution in [2.75, 3.05) is 0 Å². The van der Waals surface area contributed by atoms with Gasteiger partial charge in [-0.15, -0.1) is 46.2 Å². The molecule has 0 N–H and O–H groups in total.